The number of rotatable bonds is 4. The number of piperidine rings is 1. The van der Waals surface area contributed by atoms with Gasteiger partial charge in [-0.25, -0.2) is 8.42 Å². The summed E-state index contributed by atoms with van der Waals surface area (Å²) in [6, 6.07) is 11.3. The Bertz CT molecular complexity index is 980. The van der Waals surface area contributed by atoms with Gasteiger partial charge >= 0.3 is 0 Å². The Balaban J connectivity index is 1.51. The zero-order chi connectivity index (χ0) is 20.5. The number of likely N-dealkylation sites (tertiary alicyclic amines) is 1. The van der Waals surface area contributed by atoms with Gasteiger partial charge in [0.2, 0.25) is 0 Å². The highest BCUT2D eigenvalue weighted by Gasteiger charge is 2.41. The molecule has 1 amide bonds. The molecule has 0 saturated carbocycles. The van der Waals surface area contributed by atoms with E-state index >= 15 is 0 Å². The summed E-state index contributed by atoms with van der Waals surface area (Å²) in [4.78, 5) is 19.0. The highest BCUT2D eigenvalue weighted by atomic mass is 32.2. The Morgan fingerprint density at radius 1 is 1.10 bits per heavy atom. The fourth-order valence-corrected chi connectivity index (χ4v) is 4.83. The molecule has 0 bridgehead atoms. The van der Waals surface area contributed by atoms with Crippen molar-refractivity contribution in [3.8, 4) is 0 Å². The lowest BCUT2D eigenvalue weighted by molar-refractivity contribution is -0.181. The first kappa shape index (κ1) is 19.8. The van der Waals surface area contributed by atoms with Gasteiger partial charge in [0.15, 0.2) is 5.79 Å². The van der Waals surface area contributed by atoms with E-state index in [9.17, 15) is 13.2 Å². The molecule has 2 aliphatic heterocycles. The smallest absolute Gasteiger partial charge is 0.272 e. The summed E-state index contributed by atoms with van der Waals surface area (Å²) in [6.07, 6.45) is 2.68. The average Bonchev–Trinajstić information content (AvgIpc) is 3.22. The molecule has 154 valence electrons. The van der Waals surface area contributed by atoms with Crippen LogP contribution in [0.2, 0.25) is 0 Å². The summed E-state index contributed by atoms with van der Waals surface area (Å²) >= 11 is 0. The lowest BCUT2D eigenvalue weighted by Crippen LogP contribution is -2.47. The fourth-order valence-electron chi connectivity index (χ4n) is 3.62. The number of carbonyl (C=O) groups is 1. The van der Waals surface area contributed by atoms with Crippen LogP contribution in [0, 0.1) is 0 Å². The Labute approximate surface area is 170 Å². The van der Waals surface area contributed by atoms with Crippen molar-refractivity contribution in [2.75, 3.05) is 37.7 Å². The number of carbonyl (C=O) groups excluding carboxylic acids is 1. The van der Waals surface area contributed by atoms with Gasteiger partial charge in [0.05, 0.1) is 23.8 Å². The summed E-state index contributed by atoms with van der Waals surface area (Å²) in [7, 11) is -2.26. The number of nitrogens with zero attached hydrogens (tertiary/aromatic N) is 3. The molecule has 0 radical (unpaired) electrons. The lowest BCUT2D eigenvalue weighted by Gasteiger charge is -2.37. The summed E-state index contributed by atoms with van der Waals surface area (Å²) in [6.45, 7) is 2.17. The summed E-state index contributed by atoms with van der Waals surface area (Å²) in [5, 5.41) is 0. The molecule has 2 aromatic rings. The molecule has 2 saturated heterocycles. The van der Waals surface area contributed by atoms with E-state index in [1.165, 1.54) is 31.4 Å². The Morgan fingerprint density at radius 3 is 2.41 bits per heavy atom. The first-order valence-electron chi connectivity index (χ1n) is 9.49. The normalized spacial score (nSPS) is 18.7. The molecule has 0 N–H and O–H groups in total. The van der Waals surface area contributed by atoms with Crippen LogP contribution in [0.15, 0.2) is 53.6 Å². The van der Waals surface area contributed by atoms with E-state index in [1.54, 1.807) is 29.2 Å². The van der Waals surface area contributed by atoms with Crippen LogP contribution >= 0.6 is 0 Å². The second-order valence-electron chi connectivity index (χ2n) is 7.08. The van der Waals surface area contributed by atoms with E-state index in [0.717, 1.165) is 4.31 Å². The highest BCUT2D eigenvalue weighted by Crippen LogP contribution is 2.32. The third kappa shape index (κ3) is 3.85. The zero-order valence-electron chi connectivity index (χ0n) is 16.2. The summed E-state index contributed by atoms with van der Waals surface area (Å²) < 4.78 is 38.2. The molecule has 0 unspecified atom stereocenters. The molecule has 8 nitrogen and oxygen atoms in total. The highest BCUT2D eigenvalue weighted by molar-refractivity contribution is 7.92. The predicted octanol–water partition coefficient (Wildman–Crippen LogP) is 1.89. The van der Waals surface area contributed by atoms with Crippen LogP contribution in [0.1, 0.15) is 23.3 Å². The van der Waals surface area contributed by atoms with E-state index in [-0.39, 0.29) is 16.5 Å². The minimum atomic E-state index is -3.73. The Hall–Kier alpha value is -2.49. The number of hydrogen-bond donors (Lipinski definition) is 0. The van der Waals surface area contributed by atoms with Crippen LogP contribution in [0.3, 0.4) is 0 Å². The number of sulfonamides is 1. The van der Waals surface area contributed by atoms with Crippen molar-refractivity contribution in [1.82, 2.24) is 9.88 Å². The SMILES string of the molecule is CN(c1ccnc(C(=O)N2CCC3(CC2)OCCO3)c1)S(=O)(=O)c1ccccc1. The molecule has 1 aromatic heterocycles. The number of benzene rings is 1. The summed E-state index contributed by atoms with van der Waals surface area (Å²) in [5.41, 5.74) is 0.588. The number of hydrogen-bond acceptors (Lipinski definition) is 6. The summed E-state index contributed by atoms with van der Waals surface area (Å²) in [5.74, 6) is -0.791. The minimum Gasteiger partial charge on any atom is -0.347 e. The predicted molar refractivity (Wildman–Crippen MR) is 106 cm³/mol. The first-order valence-corrected chi connectivity index (χ1v) is 10.9. The van der Waals surface area contributed by atoms with E-state index in [0.29, 0.717) is 44.8 Å². The molecular weight excluding hydrogens is 394 g/mol. The van der Waals surface area contributed by atoms with Gasteiger partial charge in [-0.1, -0.05) is 18.2 Å². The molecule has 2 aliphatic rings. The molecule has 0 aliphatic carbocycles. The number of amides is 1. The van der Waals surface area contributed by atoms with Crippen LogP contribution in [0.4, 0.5) is 5.69 Å². The van der Waals surface area contributed by atoms with E-state index < -0.39 is 15.8 Å². The van der Waals surface area contributed by atoms with E-state index in [4.69, 9.17) is 9.47 Å². The molecule has 3 heterocycles. The Morgan fingerprint density at radius 2 is 1.76 bits per heavy atom. The molecule has 9 heteroatoms. The maximum Gasteiger partial charge on any atom is 0.272 e. The molecule has 2 fully saturated rings. The quantitative estimate of drug-likeness (QED) is 0.755. The molecule has 1 spiro atoms. The van der Waals surface area contributed by atoms with Crippen molar-refractivity contribution in [3.63, 3.8) is 0 Å². The first-order chi connectivity index (χ1) is 13.9. The topological polar surface area (TPSA) is 89.0 Å². The lowest BCUT2D eigenvalue weighted by atomic mass is 10.0. The number of anilines is 1. The van der Waals surface area contributed by atoms with Gasteiger partial charge in [0.25, 0.3) is 15.9 Å². The monoisotopic (exact) mass is 417 g/mol. The van der Waals surface area contributed by atoms with Crippen LogP contribution < -0.4 is 4.31 Å². The van der Waals surface area contributed by atoms with Crippen molar-refractivity contribution in [2.45, 2.75) is 23.5 Å². The maximum atomic E-state index is 12.9. The van der Waals surface area contributed by atoms with Gasteiger partial charge in [-0.2, -0.15) is 0 Å². The van der Waals surface area contributed by atoms with Gasteiger partial charge in [0, 0.05) is 39.2 Å². The van der Waals surface area contributed by atoms with Gasteiger partial charge in [-0.3, -0.25) is 14.1 Å². The van der Waals surface area contributed by atoms with Crippen LogP contribution in [0.5, 0.6) is 0 Å². The molecule has 1 aromatic carbocycles. The van der Waals surface area contributed by atoms with E-state index in [2.05, 4.69) is 4.98 Å². The third-order valence-corrected chi connectivity index (χ3v) is 7.15. The van der Waals surface area contributed by atoms with Crippen LogP contribution in [0.25, 0.3) is 0 Å². The van der Waals surface area contributed by atoms with Gasteiger partial charge < -0.3 is 14.4 Å². The minimum absolute atomic E-state index is 0.185. The fraction of sp³-hybridized carbons (Fsp3) is 0.400. The van der Waals surface area contributed by atoms with Crippen LogP contribution in [-0.4, -0.2) is 63.3 Å². The van der Waals surface area contributed by atoms with Crippen molar-refractivity contribution < 1.29 is 22.7 Å². The zero-order valence-corrected chi connectivity index (χ0v) is 17.0. The van der Waals surface area contributed by atoms with Crippen LogP contribution in [-0.2, 0) is 19.5 Å². The molecular formula is C20H23N3O5S. The van der Waals surface area contributed by atoms with Gasteiger partial charge in [0.1, 0.15) is 5.69 Å². The van der Waals surface area contributed by atoms with Crippen molar-refractivity contribution in [2.24, 2.45) is 0 Å². The Kier molecular flexibility index (Phi) is 5.28. The van der Waals surface area contributed by atoms with Gasteiger partial charge in [-0.05, 0) is 24.3 Å². The molecule has 0 atom stereocenters. The standard InChI is InChI=1S/C20H23N3O5S/c1-22(29(25,26)17-5-3-2-4-6-17)16-7-10-21-18(15-16)19(24)23-11-8-20(9-12-23)27-13-14-28-20/h2-7,10,15H,8-9,11-14H2,1H3. The molecule has 29 heavy (non-hydrogen) atoms. The number of pyridine rings is 1. The second kappa shape index (κ2) is 7.74. The number of ether oxygens (including phenoxy) is 2. The average molecular weight is 417 g/mol. The molecule has 4 rings (SSSR count). The third-order valence-electron chi connectivity index (χ3n) is 5.35. The number of aromatic nitrogens is 1. The van der Waals surface area contributed by atoms with Crippen molar-refractivity contribution in [1.29, 1.82) is 0 Å². The van der Waals surface area contributed by atoms with E-state index in [1.807, 2.05) is 0 Å². The van der Waals surface area contributed by atoms with Crippen molar-refractivity contribution >= 4 is 21.6 Å². The maximum absolute atomic E-state index is 12.9. The second-order valence-corrected chi connectivity index (χ2v) is 9.05. The van der Waals surface area contributed by atoms with Gasteiger partial charge in [-0.15, -0.1) is 0 Å². The largest absolute Gasteiger partial charge is 0.347 e. The van der Waals surface area contributed by atoms with Crippen molar-refractivity contribution in [3.05, 3.63) is 54.4 Å².